The number of amides is 1. The number of nitrogens with zero attached hydrogens (tertiary/aromatic N) is 3. The summed E-state index contributed by atoms with van der Waals surface area (Å²) < 4.78 is 10.6. The van der Waals surface area contributed by atoms with E-state index in [0.717, 1.165) is 18.8 Å². The largest absolute Gasteiger partial charge is 0.479 e. The molecule has 1 fully saturated rings. The van der Waals surface area contributed by atoms with Crippen LogP contribution in [0, 0.1) is 11.3 Å². The Morgan fingerprint density at radius 2 is 1.69 bits per heavy atom. The summed E-state index contributed by atoms with van der Waals surface area (Å²) in [5.74, 6) is -0.362. The Bertz CT molecular complexity index is 869. The Morgan fingerprint density at radius 3 is 2.31 bits per heavy atom. The van der Waals surface area contributed by atoms with Gasteiger partial charge in [0.25, 0.3) is 5.91 Å². The van der Waals surface area contributed by atoms with E-state index >= 15 is 0 Å². The molecule has 1 amide bonds. The van der Waals surface area contributed by atoms with Gasteiger partial charge in [0.1, 0.15) is 5.75 Å². The second-order valence-corrected chi connectivity index (χ2v) is 6.71. The summed E-state index contributed by atoms with van der Waals surface area (Å²) in [5, 5.41) is 8.80. The van der Waals surface area contributed by atoms with E-state index in [1.807, 2.05) is 24.3 Å². The average molecular weight is 393 g/mol. The molecule has 0 radical (unpaired) electrons. The van der Waals surface area contributed by atoms with Crippen molar-refractivity contribution >= 4 is 17.6 Å². The van der Waals surface area contributed by atoms with Crippen molar-refractivity contribution in [3.8, 4) is 11.8 Å². The van der Waals surface area contributed by atoms with Crippen molar-refractivity contribution in [3.63, 3.8) is 0 Å². The van der Waals surface area contributed by atoms with Gasteiger partial charge in [-0.15, -0.1) is 0 Å². The Labute approximate surface area is 170 Å². The minimum atomic E-state index is -0.856. The Balaban J connectivity index is 1.41. The molecule has 150 valence electrons. The van der Waals surface area contributed by atoms with Crippen molar-refractivity contribution in [2.24, 2.45) is 0 Å². The number of carbonyl (C=O) groups is 2. The van der Waals surface area contributed by atoms with Crippen LogP contribution in [0.2, 0.25) is 0 Å². The normalized spacial score (nSPS) is 14.6. The first-order valence-electron chi connectivity index (χ1n) is 9.48. The predicted octanol–water partition coefficient (Wildman–Crippen LogP) is 2.22. The molecule has 0 aromatic heterocycles. The fourth-order valence-electron chi connectivity index (χ4n) is 3.05. The van der Waals surface area contributed by atoms with Crippen LogP contribution in [-0.4, -0.2) is 55.7 Å². The molecule has 1 heterocycles. The number of hydrogen-bond donors (Lipinski definition) is 0. The Morgan fingerprint density at radius 1 is 1.03 bits per heavy atom. The van der Waals surface area contributed by atoms with Crippen molar-refractivity contribution in [2.45, 2.75) is 13.0 Å². The van der Waals surface area contributed by atoms with E-state index in [-0.39, 0.29) is 12.5 Å². The molecule has 1 aliphatic heterocycles. The van der Waals surface area contributed by atoms with Gasteiger partial charge in [-0.1, -0.05) is 18.2 Å². The number of nitriles is 1. The average Bonchev–Trinajstić information content (AvgIpc) is 2.78. The van der Waals surface area contributed by atoms with Crippen LogP contribution in [0.25, 0.3) is 0 Å². The molecule has 0 unspecified atom stereocenters. The molecule has 7 nitrogen and oxygen atoms in total. The van der Waals surface area contributed by atoms with Crippen LogP contribution in [0.5, 0.6) is 5.75 Å². The second kappa shape index (κ2) is 9.60. The van der Waals surface area contributed by atoms with E-state index in [9.17, 15) is 9.59 Å². The van der Waals surface area contributed by atoms with Gasteiger partial charge in [-0.2, -0.15) is 5.26 Å². The van der Waals surface area contributed by atoms with Gasteiger partial charge in [0.05, 0.1) is 11.6 Å². The zero-order valence-corrected chi connectivity index (χ0v) is 16.3. The summed E-state index contributed by atoms with van der Waals surface area (Å²) >= 11 is 0. The minimum Gasteiger partial charge on any atom is -0.479 e. The Hall–Kier alpha value is -3.53. The molecule has 0 aliphatic carbocycles. The van der Waals surface area contributed by atoms with Gasteiger partial charge in [-0.05, 0) is 43.3 Å². The fourth-order valence-corrected chi connectivity index (χ4v) is 3.05. The lowest BCUT2D eigenvalue weighted by Gasteiger charge is -2.36. The summed E-state index contributed by atoms with van der Waals surface area (Å²) in [6, 6.07) is 18.5. The number of esters is 1. The summed E-state index contributed by atoms with van der Waals surface area (Å²) in [6.07, 6.45) is -0.856. The number of benzene rings is 2. The Kier molecular flexibility index (Phi) is 6.69. The lowest BCUT2D eigenvalue weighted by atomic mass is 10.2. The SMILES string of the molecule is C[C@@H](Oc1ccc(C#N)cc1)C(=O)OCC(=O)N1CCN(c2ccccc2)CC1. The molecule has 0 N–H and O–H groups in total. The number of para-hydroxylation sites is 1. The quantitative estimate of drug-likeness (QED) is 0.700. The van der Waals surface area contributed by atoms with Crippen LogP contribution in [0.4, 0.5) is 5.69 Å². The third-order valence-electron chi connectivity index (χ3n) is 4.72. The molecule has 2 aromatic carbocycles. The van der Waals surface area contributed by atoms with Gasteiger partial charge < -0.3 is 19.3 Å². The molecule has 0 spiro atoms. The van der Waals surface area contributed by atoms with Gasteiger partial charge in [0.2, 0.25) is 0 Å². The van der Waals surface area contributed by atoms with E-state index in [0.29, 0.717) is 24.4 Å². The fraction of sp³-hybridized carbons (Fsp3) is 0.318. The molecule has 29 heavy (non-hydrogen) atoms. The van der Waals surface area contributed by atoms with E-state index in [1.54, 1.807) is 36.1 Å². The second-order valence-electron chi connectivity index (χ2n) is 6.71. The van der Waals surface area contributed by atoms with Crippen LogP contribution >= 0.6 is 0 Å². The van der Waals surface area contributed by atoms with Crippen molar-refractivity contribution in [1.82, 2.24) is 4.90 Å². The zero-order valence-electron chi connectivity index (χ0n) is 16.3. The van der Waals surface area contributed by atoms with Crippen LogP contribution in [0.1, 0.15) is 12.5 Å². The molecule has 0 bridgehead atoms. The maximum Gasteiger partial charge on any atom is 0.347 e. The molecular weight excluding hydrogens is 370 g/mol. The summed E-state index contributed by atoms with van der Waals surface area (Å²) in [4.78, 5) is 28.4. The number of anilines is 1. The highest BCUT2D eigenvalue weighted by atomic mass is 16.6. The van der Waals surface area contributed by atoms with Crippen molar-refractivity contribution < 1.29 is 19.1 Å². The van der Waals surface area contributed by atoms with Gasteiger partial charge in [-0.3, -0.25) is 4.79 Å². The highest BCUT2D eigenvalue weighted by Crippen LogP contribution is 2.16. The third kappa shape index (κ3) is 5.48. The van der Waals surface area contributed by atoms with E-state index in [1.165, 1.54) is 0 Å². The molecule has 3 rings (SSSR count). The summed E-state index contributed by atoms with van der Waals surface area (Å²) in [7, 11) is 0. The monoisotopic (exact) mass is 393 g/mol. The molecule has 1 saturated heterocycles. The maximum atomic E-state index is 12.4. The number of ether oxygens (including phenoxy) is 2. The molecule has 2 aromatic rings. The highest BCUT2D eigenvalue weighted by Gasteiger charge is 2.23. The highest BCUT2D eigenvalue weighted by molar-refractivity contribution is 5.82. The van der Waals surface area contributed by atoms with E-state index < -0.39 is 12.1 Å². The van der Waals surface area contributed by atoms with Crippen LogP contribution < -0.4 is 9.64 Å². The lowest BCUT2D eigenvalue weighted by molar-refractivity contribution is -0.157. The van der Waals surface area contributed by atoms with Crippen LogP contribution in [0.15, 0.2) is 54.6 Å². The number of carbonyl (C=O) groups excluding carboxylic acids is 2. The van der Waals surface area contributed by atoms with Gasteiger partial charge in [0.15, 0.2) is 12.7 Å². The first kappa shape index (κ1) is 20.2. The minimum absolute atomic E-state index is 0.211. The van der Waals surface area contributed by atoms with Crippen LogP contribution in [-0.2, 0) is 14.3 Å². The maximum absolute atomic E-state index is 12.4. The van der Waals surface area contributed by atoms with Crippen molar-refractivity contribution in [1.29, 1.82) is 5.26 Å². The predicted molar refractivity (Wildman–Crippen MR) is 107 cm³/mol. The number of hydrogen-bond acceptors (Lipinski definition) is 6. The lowest BCUT2D eigenvalue weighted by Crippen LogP contribution is -2.50. The zero-order chi connectivity index (χ0) is 20.6. The molecule has 1 aliphatic rings. The van der Waals surface area contributed by atoms with Crippen LogP contribution in [0.3, 0.4) is 0 Å². The molecule has 1 atom stereocenters. The number of rotatable bonds is 6. The molecular formula is C22H23N3O4. The molecule has 7 heteroatoms. The van der Waals surface area contributed by atoms with E-state index in [2.05, 4.69) is 17.0 Å². The summed E-state index contributed by atoms with van der Waals surface area (Å²) in [6.45, 7) is 3.91. The van der Waals surface area contributed by atoms with Gasteiger partial charge in [-0.25, -0.2) is 4.79 Å². The first-order chi connectivity index (χ1) is 14.1. The van der Waals surface area contributed by atoms with Gasteiger partial charge in [0, 0.05) is 31.9 Å². The third-order valence-corrected chi connectivity index (χ3v) is 4.72. The molecule has 0 saturated carbocycles. The van der Waals surface area contributed by atoms with Crippen molar-refractivity contribution in [3.05, 3.63) is 60.2 Å². The van der Waals surface area contributed by atoms with E-state index in [4.69, 9.17) is 14.7 Å². The summed E-state index contributed by atoms with van der Waals surface area (Å²) in [5.41, 5.74) is 1.64. The first-order valence-corrected chi connectivity index (χ1v) is 9.48. The topological polar surface area (TPSA) is 82.9 Å². The number of piperazine rings is 1. The van der Waals surface area contributed by atoms with Gasteiger partial charge >= 0.3 is 5.97 Å². The standard InChI is InChI=1S/C22H23N3O4/c1-17(29-20-9-7-18(15-23)8-10-20)22(27)28-16-21(26)25-13-11-24(12-14-25)19-5-3-2-4-6-19/h2-10,17H,11-14,16H2,1H3/t17-/m1/s1. The van der Waals surface area contributed by atoms with Crippen molar-refractivity contribution in [2.75, 3.05) is 37.7 Å². The smallest absolute Gasteiger partial charge is 0.347 e.